The van der Waals surface area contributed by atoms with Crippen molar-refractivity contribution in [3.05, 3.63) is 12.2 Å². The summed E-state index contributed by atoms with van der Waals surface area (Å²) in [6.07, 6.45) is -5.96. The van der Waals surface area contributed by atoms with E-state index in [1.54, 1.807) is 0 Å². The Morgan fingerprint density at radius 2 is 1.63 bits per heavy atom. The predicted molar refractivity (Wildman–Crippen MR) is 77.9 cm³/mol. The first kappa shape index (κ1) is 25.2. The molecule has 0 aromatic carbocycles. The number of carbonyl (C=O) groups is 2. The molecular weight excluding hydrogens is 411 g/mol. The topological polar surface area (TPSA) is 116 Å². The average molecular weight is 428 g/mol. The molecule has 14 heteroatoms. The number of hydrogen-bond donors (Lipinski definition) is 1. The SMILES string of the molecule is C=C(C)C(=O)OC(OCC(F)(F)S(=O)(=O)O)(C(=O)OCC(C)C)C(F)(F)F. The lowest BCUT2D eigenvalue weighted by Crippen LogP contribution is -2.59. The molecule has 1 unspecified atom stereocenters. The minimum Gasteiger partial charge on any atom is -0.460 e. The summed E-state index contributed by atoms with van der Waals surface area (Å²) < 4.78 is 108. The van der Waals surface area contributed by atoms with Gasteiger partial charge in [-0.1, -0.05) is 20.4 Å². The van der Waals surface area contributed by atoms with Crippen LogP contribution in [0, 0.1) is 5.92 Å². The van der Waals surface area contributed by atoms with Gasteiger partial charge < -0.3 is 14.2 Å². The van der Waals surface area contributed by atoms with Gasteiger partial charge in [0.15, 0.2) is 0 Å². The largest absolute Gasteiger partial charge is 0.468 e. The van der Waals surface area contributed by atoms with Gasteiger partial charge in [-0.25, -0.2) is 9.59 Å². The van der Waals surface area contributed by atoms with Crippen LogP contribution in [0.3, 0.4) is 0 Å². The molecule has 27 heavy (non-hydrogen) atoms. The second-order valence-corrected chi connectivity index (χ2v) is 7.22. The monoisotopic (exact) mass is 428 g/mol. The molecule has 0 saturated carbocycles. The first-order chi connectivity index (χ1) is 11.9. The van der Waals surface area contributed by atoms with Crippen LogP contribution in [0.5, 0.6) is 0 Å². The van der Waals surface area contributed by atoms with Crippen molar-refractivity contribution in [1.82, 2.24) is 0 Å². The van der Waals surface area contributed by atoms with E-state index < -0.39 is 64.0 Å². The van der Waals surface area contributed by atoms with E-state index in [0.717, 1.165) is 6.92 Å². The van der Waals surface area contributed by atoms with Gasteiger partial charge in [0.25, 0.3) is 0 Å². The van der Waals surface area contributed by atoms with Gasteiger partial charge in [-0.3, -0.25) is 4.55 Å². The number of ether oxygens (including phenoxy) is 3. The van der Waals surface area contributed by atoms with Crippen molar-refractivity contribution in [2.45, 2.75) is 38.0 Å². The molecule has 0 aliphatic rings. The van der Waals surface area contributed by atoms with Crippen molar-refractivity contribution in [3.8, 4) is 0 Å². The van der Waals surface area contributed by atoms with Gasteiger partial charge in [-0.05, 0) is 12.8 Å². The Hall–Kier alpha value is -1.80. The molecule has 0 aliphatic carbocycles. The molecule has 0 rings (SSSR count). The molecule has 0 heterocycles. The zero-order chi connectivity index (χ0) is 21.8. The first-order valence-electron chi connectivity index (χ1n) is 6.99. The van der Waals surface area contributed by atoms with Gasteiger partial charge in [0.1, 0.15) is 6.61 Å². The van der Waals surface area contributed by atoms with Crippen molar-refractivity contribution >= 4 is 22.1 Å². The lowest BCUT2D eigenvalue weighted by molar-refractivity contribution is -0.360. The number of esters is 2. The summed E-state index contributed by atoms with van der Waals surface area (Å²) in [7, 11) is -6.20. The molecular formula is C13H17F5O8S. The molecule has 0 bridgehead atoms. The van der Waals surface area contributed by atoms with Gasteiger partial charge in [-0.15, -0.1) is 0 Å². The molecule has 1 N–H and O–H groups in total. The number of alkyl halides is 5. The van der Waals surface area contributed by atoms with Crippen LogP contribution in [-0.2, 0) is 33.9 Å². The second kappa shape index (κ2) is 8.48. The van der Waals surface area contributed by atoms with Crippen molar-refractivity contribution in [2.75, 3.05) is 13.2 Å². The van der Waals surface area contributed by atoms with Crippen LogP contribution in [0.1, 0.15) is 20.8 Å². The highest BCUT2D eigenvalue weighted by Gasteiger charge is 2.69. The minimum atomic E-state index is -6.20. The molecule has 0 aromatic heterocycles. The summed E-state index contributed by atoms with van der Waals surface area (Å²) in [5.74, 6) is -9.50. The summed E-state index contributed by atoms with van der Waals surface area (Å²) >= 11 is 0. The van der Waals surface area contributed by atoms with E-state index in [0.29, 0.717) is 0 Å². The van der Waals surface area contributed by atoms with E-state index in [4.69, 9.17) is 4.55 Å². The molecule has 0 radical (unpaired) electrons. The molecule has 158 valence electrons. The molecule has 0 spiro atoms. The standard InChI is InChI=1S/C13H17F5O8S/c1-7(2)5-24-10(20)12(13(16,17)18,26-9(19)8(3)4)25-6-11(14,15)27(21,22)23/h7H,3,5-6H2,1-2,4H3,(H,21,22,23). The van der Waals surface area contributed by atoms with Crippen LogP contribution >= 0.6 is 0 Å². The molecule has 0 aromatic rings. The maximum atomic E-state index is 13.5. The van der Waals surface area contributed by atoms with Crippen LogP contribution in [0.15, 0.2) is 12.2 Å². The highest BCUT2D eigenvalue weighted by Crippen LogP contribution is 2.38. The van der Waals surface area contributed by atoms with Crippen molar-refractivity contribution in [3.63, 3.8) is 0 Å². The van der Waals surface area contributed by atoms with Gasteiger partial charge in [0.2, 0.25) is 0 Å². The smallest absolute Gasteiger partial charge is 0.460 e. The Morgan fingerprint density at radius 3 is 1.96 bits per heavy atom. The van der Waals surface area contributed by atoms with E-state index in [9.17, 15) is 40.0 Å². The maximum Gasteiger partial charge on any atom is 0.468 e. The van der Waals surface area contributed by atoms with Crippen molar-refractivity contribution in [1.29, 1.82) is 0 Å². The molecule has 0 fully saturated rings. The Morgan fingerprint density at radius 1 is 1.15 bits per heavy atom. The van der Waals surface area contributed by atoms with E-state index in [1.807, 2.05) is 0 Å². The summed E-state index contributed by atoms with van der Waals surface area (Å²) in [5.41, 5.74) is -0.662. The van der Waals surface area contributed by atoms with E-state index in [-0.39, 0.29) is 0 Å². The fraction of sp³-hybridized carbons (Fsp3) is 0.692. The number of halogens is 5. The Bertz CT molecular complexity index is 685. The molecule has 8 nitrogen and oxygen atoms in total. The van der Waals surface area contributed by atoms with Gasteiger partial charge in [-0.2, -0.15) is 30.4 Å². The molecule has 0 saturated heterocycles. The summed E-state index contributed by atoms with van der Waals surface area (Å²) in [6.45, 7) is 3.39. The Labute approximate surface area is 151 Å². The van der Waals surface area contributed by atoms with Gasteiger partial charge >= 0.3 is 39.3 Å². The summed E-state index contributed by atoms with van der Waals surface area (Å²) in [6, 6.07) is 0. The number of carbonyl (C=O) groups excluding carboxylic acids is 2. The zero-order valence-electron chi connectivity index (χ0n) is 14.3. The molecule has 0 aliphatic heterocycles. The highest BCUT2D eigenvalue weighted by atomic mass is 32.2. The molecule has 1 atom stereocenters. The fourth-order valence-electron chi connectivity index (χ4n) is 1.20. The van der Waals surface area contributed by atoms with Crippen LogP contribution in [0.2, 0.25) is 0 Å². The quantitative estimate of drug-likeness (QED) is 0.195. The highest BCUT2D eigenvalue weighted by molar-refractivity contribution is 7.86. The van der Waals surface area contributed by atoms with Crippen molar-refractivity contribution in [2.24, 2.45) is 5.92 Å². The summed E-state index contributed by atoms with van der Waals surface area (Å²) in [4.78, 5) is 23.4. The Balaban J connectivity index is 6.10. The predicted octanol–water partition coefficient (Wildman–Crippen LogP) is 2.06. The van der Waals surface area contributed by atoms with Crippen LogP contribution in [-0.4, -0.2) is 55.3 Å². The van der Waals surface area contributed by atoms with Crippen molar-refractivity contribution < 1.29 is 58.7 Å². The van der Waals surface area contributed by atoms with E-state index in [2.05, 4.69) is 20.8 Å². The first-order valence-corrected chi connectivity index (χ1v) is 8.43. The van der Waals surface area contributed by atoms with Gasteiger partial charge in [0.05, 0.1) is 6.61 Å². The second-order valence-electron chi connectivity index (χ2n) is 5.68. The Kier molecular flexibility index (Phi) is 7.91. The minimum absolute atomic E-state index is 0.504. The van der Waals surface area contributed by atoms with E-state index in [1.165, 1.54) is 13.8 Å². The third kappa shape index (κ3) is 6.39. The molecule has 0 amide bonds. The van der Waals surface area contributed by atoms with Crippen LogP contribution < -0.4 is 0 Å². The van der Waals surface area contributed by atoms with Gasteiger partial charge in [0, 0.05) is 5.57 Å². The third-order valence-corrected chi connectivity index (χ3v) is 3.47. The normalized spacial score (nSPS) is 15.2. The number of rotatable bonds is 9. The average Bonchev–Trinajstić information content (AvgIpc) is 2.46. The number of hydrogen-bond acceptors (Lipinski definition) is 7. The third-order valence-electron chi connectivity index (χ3n) is 2.60. The van der Waals surface area contributed by atoms with Crippen LogP contribution in [0.4, 0.5) is 22.0 Å². The summed E-state index contributed by atoms with van der Waals surface area (Å²) in [5, 5.41) is -5.25. The fourth-order valence-corrected chi connectivity index (χ4v) is 1.41. The van der Waals surface area contributed by atoms with E-state index >= 15 is 0 Å². The maximum absolute atomic E-state index is 13.5. The van der Waals surface area contributed by atoms with Crippen LogP contribution in [0.25, 0.3) is 0 Å². The lowest BCUT2D eigenvalue weighted by Gasteiger charge is -2.33. The zero-order valence-corrected chi connectivity index (χ0v) is 15.1. The lowest BCUT2D eigenvalue weighted by atomic mass is 10.2.